The fraction of sp³-hybridized carbons (Fsp3) is 0.562. The van der Waals surface area contributed by atoms with Gasteiger partial charge < -0.3 is 11.1 Å². The molecule has 1 aromatic rings. The summed E-state index contributed by atoms with van der Waals surface area (Å²) in [7, 11) is 0. The molecule has 3 N–H and O–H groups in total. The first-order valence-electron chi connectivity index (χ1n) is 7.18. The number of anilines is 1. The molecule has 1 rings (SSSR count). The fourth-order valence-electron chi connectivity index (χ4n) is 2.14. The monoisotopic (exact) mass is 262 g/mol. The Hall–Kier alpha value is -1.51. The van der Waals surface area contributed by atoms with Gasteiger partial charge in [0.05, 0.1) is 6.42 Å². The van der Waals surface area contributed by atoms with Crippen molar-refractivity contribution >= 4 is 11.6 Å². The molecule has 1 amide bonds. The van der Waals surface area contributed by atoms with Crippen LogP contribution in [0.3, 0.4) is 0 Å². The second-order valence-electron chi connectivity index (χ2n) is 5.34. The van der Waals surface area contributed by atoms with Gasteiger partial charge in [0.2, 0.25) is 5.91 Å². The summed E-state index contributed by atoms with van der Waals surface area (Å²) in [5, 5.41) is 3.56. The lowest BCUT2D eigenvalue weighted by Crippen LogP contribution is -2.21. The van der Waals surface area contributed by atoms with Crippen LogP contribution in [0.4, 0.5) is 5.69 Å². The molecule has 2 atom stereocenters. The molecule has 0 aliphatic heterocycles. The smallest absolute Gasteiger partial charge is 0.221 e. The predicted octanol–water partition coefficient (Wildman–Crippen LogP) is 3.34. The molecule has 0 bridgehead atoms. The third-order valence-corrected chi connectivity index (χ3v) is 3.58. The topological polar surface area (TPSA) is 55.1 Å². The number of benzene rings is 1. The van der Waals surface area contributed by atoms with Crippen LogP contribution in [0.1, 0.15) is 45.6 Å². The Bertz CT molecular complexity index is 386. The number of primary amides is 1. The second-order valence-corrected chi connectivity index (χ2v) is 5.34. The molecule has 106 valence electrons. The third kappa shape index (κ3) is 5.77. The highest BCUT2D eigenvalue weighted by molar-refractivity contribution is 5.76. The van der Waals surface area contributed by atoms with Crippen molar-refractivity contribution in [2.75, 3.05) is 5.32 Å². The van der Waals surface area contributed by atoms with E-state index in [1.54, 1.807) is 0 Å². The van der Waals surface area contributed by atoms with Crippen LogP contribution in [-0.4, -0.2) is 11.9 Å². The molecule has 0 radical (unpaired) electrons. The molecule has 3 nitrogen and oxygen atoms in total. The minimum atomic E-state index is -0.288. The van der Waals surface area contributed by atoms with Crippen LogP contribution in [0.2, 0.25) is 0 Å². The van der Waals surface area contributed by atoms with Crippen molar-refractivity contribution in [2.24, 2.45) is 11.7 Å². The number of hydrogen-bond donors (Lipinski definition) is 2. The lowest BCUT2D eigenvalue weighted by Gasteiger charge is -2.21. The van der Waals surface area contributed by atoms with E-state index in [1.807, 2.05) is 24.3 Å². The Balaban J connectivity index is 2.57. The number of nitrogens with one attached hydrogen (secondary N) is 1. The first kappa shape index (κ1) is 15.5. The van der Waals surface area contributed by atoms with E-state index in [4.69, 9.17) is 5.73 Å². The summed E-state index contributed by atoms with van der Waals surface area (Å²) >= 11 is 0. The Morgan fingerprint density at radius 1 is 1.21 bits per heavy atom. The molecule has 1 aromatic carbocycles. The first-order chi connectivity index (χ1) is 9.05. The summed E-state index contributed by atoms with van der Waals surface area (Å²) in [6.45, 7) is 6.73. The van der Waals surface area contributed by atoms with Gasteiger partial charge in [0, 0.05) is 11.7 Å². The molecule has 0 saturated heterocycles. The quantitative estimate of drug-likeness (QED) is 0.755. The molecule has 0 heterocycles. The molecule has 3 heteroatoms. The van der Waals surface area contributed by atoms with Crippen LogP contribution in [0, 0.1) is 5.92 Å². The van der Waals surface area contributed by atoms with Crippen molar-refractivity contribution < 1.29 is 4.79 Å². The Morgan fingerprint density at radius 2 is 1.84 bits per heavy atom. The molecule has 0 saturated carbocycles. The van der Waals surface area contributed by atoms with E-state index >= 15 is 0 Å². The third-order valence-electron chi connectivity index (χ3n) is 3.58. The highest BCUT2D eigenvalue weighted by Crippen LogP contribution is 2.18. The van der Waals surface area contributed by atoms with E-state index in [0.29, 0.717) is 12.5 Å². The molecular weight excluding hydrogens is 236 g/mol. The fourth-order valence-corrected chi connectivity index (χ4v) is 2.14. The van der Waals surface area contributed by atoms with Crippen molar-refractivity contribution in [2.45, 2.75) is 52.5 Å². The van der Waals surface area contributed by atoms with Crippen LogP contribution in [0.15, 0.2) is 24.3 Å². The van der Waals surface area contributed by atoms with Gasteiger partial charge in [-0.05, 0) is 36.5 Å². The maximum Gasteiger partial charge on any atom is 0.221 e. The normalized spacial score (nSPS) is 13.8. The number of carbonyl (C=O) groups is 1. The second kappa shape index (κ2) is 7.82. The van der Waals surface area contributed by atoms with Crippen molar-refractivity contribution in [3.63, 3.8) is 0 Å². The van der Waals surface area contributed by atoms with Gasteiger partial charge in [-0.1, -0.05) is 39.3 Å². The van der Waals surface area contributed by atoms with Gasteiger partial charge in [0.1, 0.15) is 0 Å². The van der Waals surface area contributed by atoms with Crippen molar-refractivity contribution in [1.29, 1.82) is 0 Å². The minimum absolute atomic E-state index is 0.288. The van der Waals surface area contributed by atoms with Crippen molar-refractivity contribution in [3.8, 4) is 0 Å². The number of hydrogen-bond acceptors (Lipinski definition) is 2. The van der Waals surface area contributed by atoms with Gasteiger partial charge in [-0.3, -0.25) is 4.79 Å². The highest BCUT2D eigenvalue weighted by Gasteiger charge is 2.10. The Morgan fingerprint density at radius 3 is 2.32 bits per heavy atom. The van der Waals surface area contributed by atoms with Crippen LogP contribution in [0.5, 0.6) is 0 Å². The number of carbonyl (C=O) groups excluding carboxylic acids is 1. The number of nitrogens with two attached hydrogens (primary N) is 1. The molecule has 19 heavy (non-hydrogen) atoms. The van der Waals surface area contributed by atoms with E-state index in [9.17, 15) is 4.79 Å². The average Bonchev–Trinajstić information content (AvgIpc) is 2.39. The van der Waals surface area contributed by atoms with Crippen LogP contribution in [0.25, 0.3) is 0 Å². The zero-order valence-electron chi connectivity index (χ0n) is 12.3. The molecular formula is C16H26N2O. The van der Waals surface area contributed by atoms with Crippen LogP contribution in [-0.2, 0) is 11.2 Å². The van der Waals surface area contributed by atoms with Crippen LogP contribution < -0.4 is 11.1 Å². The standard InChI is InChI=1S/C16H26N2O/c1-4-12(3)10-14(5-2)18-15-8-6-13(7-9-15)11-16(17)19/h6-9,12,14,18H,4-5,10-11H2,1-3H3,(H2,17,19). The van der Waals surface area contributed by atoms with E-state index in [0.717, 1.165) is 23.6 Å². The van der Waals surface area contributed by atoms with E-state index in [2.05, 4.69) is 26.1 Å². The van der Waals surface area contributed by atoms with Crippen molar-refractivity contribution in [3.05, 3.63) is 29.8 Å². The van der Waals surface area contributed by atoms with Crippen molar-refractivity contribution in [1.82, 2.24) is 0 Å². The van der Waals surface area contributed by atoms with Gasteiger partial charge in [-0.25, -0.2) is 0 Å². The largest absolute Gasteiger partial charge is 0.382 e. The van der Waals surface area contributed by atoms with Gasteiger partial charge in [-0.15, -0.1) is 0 Å². The average molecular weight is 262 g/mol. The van der Waals surface area contributed by atoms with Gasteiger partial charge in [0.15, 0.2) is 0 Å². The number of amides is 1. The van der Waals surface area contributed by atoms with Gasteiger partial charge in [0.25, 0.3) is 0 Å². The lowest BCUT2D eigenvalue weighted by molar-refractivity contribution is -0.117. The Kier molecular flexibility index (Phi) is 6.40. The van der Waals surface area contributed by atoms with Gasteiger partial charge >= 0.3 is 0 Å². The highest BCUT2D eigenvalue weighted by atomic mass is 16.1. The van der Waals surface area contributed by atoms with Crippen LogP contribution >= 0.6 is 0 Å². The summed E-state index contributed by atoms with van der Waals surface area (Å²) in [5.74, 6) is 0.454. The SMILES string of the molecule is CCC(C)CC(CC)Nc1ccc(CC(N)=O)cc1. The molecule has 0 aromatic heterocycles. The summed E-state index contributed by atoms with van der Waals surface area (Å²) < 4.78 is 0. The molecule has 2 unspecified atom stereocenters. The number of rotatable bonds is 8. The van der Waals surface area contributed by atoms with E-state index in [-0.39, 0.29) is 5.91 Å². The zero-order valence-corrected chi connectivity index (χ0v) is 12.3. The summed E-state index contributed by atoms with van der Waals surface area (Å²) in [5.41, 5.74) is 7.26. The zero-order chi connectivity index (χ0) is 14.3. The summed E-state index contributed by atoms with van der Waals surface area (Å²) in [6, 6.07) is 8.48. The van der Waals surface area contributed by atoms with E-state index in [1.165, 1.54) is 12.8 Å². The summed E-state index contributed by atoms with van der Waals surface area (Å²) in [4.78, 5) is 10.8. The molecule has 0 aliphatic rings. The molecule has 0 aliphatic carbocycles. The minimum Gasteiger partial charge on any atom is -0.382 e. The lowest BCUT2D eigenvalue weighted by atomic mass is 9.97. The van der Waals surface area contributed by atoms with E-state index < -0.39 is 0 Å². The maximum absolute atomic E-state index is 10.8. The summed E-state index contributed by atoms with van der Waals surface area (Å²) in [6.07, 6.45) is 3.84. The predicted molar refractivity (Wildman–Crippen MR) is 81.1 cm³/mol. The molecule has 0 spiro atoms. The Labute approximate surface area is 116 Å². The van der Waals surface area contributed by atoms with Gasteiger partial charge in [-0.2, -0.15) is 0 Å². The maximum atomic E-state index is 10.8. The molecule has 0 fully saturated rings. The first-order valence-corrected chi connectivity index (χ1v) is 7.18.